The smallest absolute Gasteiger partial charge is 0.216 e. The van der Waals surface area contributed by atoms with Gasteiger partial charge >= 0.3 is 0 Å². The van der Waals surface area contributed by atoms with E-state index in [4.69, 9.17) is 32.4 Å². The van der Waals surface area contributed by atoms with Crippen LogP contribution in [0.25, 0.3) is 0 Å². The molecule has 8 N–H and O–H groups in total. The zero-order valence-corrected chi connectivity index (χ0v) is 11.7. The molecule has 2 aromatic carbocycles. The molecule has 0 atom stereocenters. The standard InChI is InChI=1S/C15H20N4O2/c16-11-1-5-13(6-2-11)20-10-9-15(18,19)21-14-7-3-12(17)4-8-14/h1-8H,9-10,16-19H2. The van der Waals surface area contributed by atoms with Gasteiger partial charge < -0.3 is 20.9 Å². The summed E-state index contributed by atoms with van der Waals surface area (Å²) in [5, 5.41) is 0. The van der Waals surface area contributed by atoms with E-state index in [1.807, 2.05) is 0 Å². The number of nitrogens with two attached hydrogens (primary N) is 4. The van der Waals surface area contributed by atoms with Gasteiger partial charge in [-0.2, -0.15) is 0 Å². The van der Waals surface area contributed by atoms with E-state index in [1.54, 1.807) is 48.5 Å². The molecule has 6 nitrogen and oxygen atoms in total. The van der Waals surface area contributed by atoms with E-state index >= 15 is 0 Å². The molecule has 0 aromatic heterocycles. The Labute approximate surface area is 123 Å². The summed E-state index contributed by atoms with van der Waals surface area (Å²) in [6, 6.07) is 14.0. The number of hydrogen-bond acceptors (Lipinski definition) is 6. The van der Waals surface area contributed by atoms with Crippen LogP contribution in [0.2, 0.25) is 0 Å². The van der Waals surface area contributed by atoms with Crippen molar-refractivity contribution in [2.75, 3.05) is 18.1 Å². The molecule has 0 saturated carbocycles. The van der Waals surface area contributed by atoms with Gasteiger partial charge in [0.05, 0.1) is 13.0 Å². The summed E-state index contributed by atoms with van der Waals surface area (Å²) in [4.78, 5) is 0. The molecule has 6 heteroatoms. The quantitative estimate of drug-likeness (QED) is 0.469. The first-order chi connectivity index (χ1) is 9.94. The van der Waals surface area contributed by atoms with Crippen LogP contribution in [-0.2, 0) is 0 Å². The molecule has 0 fully saturated rings. The third kappa shape index (κ3) is 4.87. The summed E-state index contributed by atoms with van der Waals surface area (Å²) in [6.07, 6.45) is 0.321. The summed E-state index contributed by atoms with van der Waals surface area (Å²) < 4.78 is 11.1. The van der Waals surface area contributed by atoms with Crippen LogP contribution in [0.3, 0.4) is 0 Å². The van der Waals surface area contributed by atoms with Crippen LogP contribution in [0.1, 0.15) is 6.42 Å². The van der Waals surface area contributed by atoms with Crippen molar-refractivity contribution in [2.45, 2.75) is 12.3 Å². The minimum absolute atomic E-state index is 0.321. The minimum Gasteiger partial charge on any atom is -0.493 e. The Kier molecular flexibility index (Phi) is 4.52. The zero-order valence-electron chi connectivity index (χ0n) is 11.7. The van der Waals surface area contributed by atoms with Gasteiger partial charge in [0, 0.05) is 11.4 Å². The first-order valence-electron chi connectivity index (χ1n) is 6.55. The summed E-state index contributed by atoms with van der Waals surface area (Å²) in [5.74, 6) is -0.0571. The Morgan fingerprint density at radius 1 is 0.762 bits per heavy atom. The van der Waals surface area contributed by atoms with Gasteiger partial charge in [0.2, 0.25) is 5.85 Å². The zero-order chi connectivity index (χ0) is 15.3. The Morgan fingerprint density at radius 3 is 1.76 bits per heavy atom. The van der Waals surface area contributed by atoms with Gasteiger partial charge in [0.25, 0.3) is 0 Å². The second-order valence-electron chi connectivity index (χ2n) is 4.79. The Hall–Kier alpha value is -2.44. The predicted molar refractivity (Wildman–Crippen MR) is 83.6 cm³/mol. The van der Waals surface area contributed by atoms with Gasteiger partial charge in [-0.05, 0) is 48.5 Å². The summed E-state index contributed by atoms with van der Waals surface area (Å²) in [7, 11) is 0. The van der Waals surface area contributed by atoms with E-state index in [1.165, 1.54) is 0 Å². The Morgan fingerprint density at radius 2 is 1.24 bits per heavy atom. The van der Waals surface area contributed by atoms with E-state index in [0.29, 0.717) is 35.9 Å². The summed E-state index contributed by atoms with van der Waals surface area (Å²) in [6.45, 7) is 0.325. The van der Waals surface area contributed by atoms with Crippen molar-refractivity contribution in [1.29, 1.82) is 0 Å². The number of benzene rings is 2. The number of anilines is 2. The number of ether oxygens (including phenoxy) is 2. The van der Waals surface area contributed by atoms with Gasteiger partial charge in [0.1, 0.15) is 11.5 Å². The second kappa shape index (κ2) is 6.34. The number of nitrogen functional groups attached to an aromatic ring is 2. The lowest BCUT2D eigenvalue weighted by molar-refractivity contribution is 0.0571. The topological polar surface area (TPSA) is 123 Å². The molecular weight excluding hydrogens is 268 g/mol. The number of hydrogen-bond donors (Lipinski definition) is 4. The molecule has 0 aliphatic heterocycles. The first kappa shape index (κ1) is 15.0. The molecular formula is C15H20N4O2. The maximum absolute atomic E-state index is 5.90. The molecule has 2 rings (SSSR count). The second-order valence-corrected chi connectivity index (χ2v) is 4.79. The highest BCUT2D eigenvalue weighted by molar-refractivity contribution is 5.42. The minimum atomic E-state index is -1.32. The van der Waals surface area contributed by atoms with Crippen LogP contribution in [0, 0.1) is 0 Å². The van der Waals surface area contributed by atoms with E-state index < -0.39 is 5.85 Å². The first-order valence-corrected chi connectivity index (χ1v) is 6.55. The lowest BCUT2D eigenvalue weighted by Crippen LogP contribution is -2.55. The molecule has 0 saturated heterocycles. The normalized spacial score (nSPS) is 11.1. The van der Waals surface area contributed by atoms with Gasteiger partial charge in [0.15, 0.2) is 0 Å². The highest BCUT2D eigenvalue weighted by Gasteiger charge is 2.21. The molecule has 0 aliphatic carbocycles. The fourth-order valence-corrected chi connectivity index (χ4v) is 1.70. The van der Waals surface area contributed by atoms with Crippen molar-refractivity contribution >= 4 is 11.4 Å². The molecule has 0 aliphatic rings. The molecule has 112 valence electrons. The van der Waals surface area contributed by atoms with Crippen LogP contribution in [0.4, 0.5) is 11.4 Å². The molecule has 0 radical (unpaired) electrons. The maximum Gasteiger partial charge on any atom is 0.216 e. The van der Waals surface area contributed by atoms with E-state index in [9.17, 15) is 0 Å². The van der Waals surface area contributed by atoms with Crippen LogP contribution in [0.15, 0.2) is 48.5 Å². The highest BCUT2D eigenvalue weighted by Crippen LogP contribution is 2.18. The van der Waals surface area contributed by atoms with Gasteiger partial charge in [-0.25, -0.2) is 0 Å². The molecule has 0 unspecified atom stereocenters. The highest BCUT2D eigenvalue weighted by atomic mass is 16.5. The van der Waals surface area contributed by atoms with Crippen molar-refractivity contribution in [3.8, 4) is 11.5 Å². The van der Waals surface area contributed by atoms with Crippen molar-refractivity contribution in [2.24, 2.45) is 11.5 Å². The molecule has 0 spiro atoms. The van der Waals surface area contributed by atoms with Crippen LogP contribution >= 0.6 is 0 Å². The van der Waals surface area contributed by atoms with E-state index in [2.05, 4.69) is 0 Å². The molecule has 21 heavy (non-hydrogen) atoms. The maximum atomic E-state index is 5.90. The van der Waals surface area contributed by atoms with E-state index in [-0.39, 0.29) is 0 Å². The van der Waals surface area contributed by atoms with Crippen LogP contribution in [0.5, 0.6) is 11.5 Å². The van der Waals surface area contributed by atoms with E-state index in [0.717, 1.165) is 0 Å². The van der Waals surface area contributed by atoms with Crippen molar-refractivity contribution < 1.29 is 9.47 Å². The van der Waals surface area contributed by atoms with Gasteiger partial charge in [-0.1, -0.05) is 0 Å². The van der Waals surface area contributed by atoms with Gasteiger partial charge in [-0.3, -0.25) is 11.5 Å². The largest absolute Gasteiger partial charge is 0.493 e. The predicted octanol–water partition coefficient (Wildman–Crippen LogP) is 1.27. The molecule has 0 heterocycles. The lowest BCUT2D eigenvalue weighted by atomic mass is 10.3. The third-order valence-corrected chi connectivity index (χ3v) is 2.83. The Bertz CT molecular complexity index is 567. The Balaban J connectivity index is 1.83. The molecule has 2 aromatic rings. The average molecular weight is 288 g/mol. The SMILES string of the molecule is Nc1ccc(OCCC(N)(N)Oc2ccc(N)cc2)cc1. The lowest BCUT2D eigenvalue weighted by Gasteiger charge is -2.25. The summed E-state index contributed by atoms with van der Waals surface area (Å²) >= 11 is 0. The molecule has 0 amide bonds. The van der Waals surface area contributed by atoms with Crippen molar-refractivity contribution in [3.63, 3.8) is 0 Å². The third-order valence-electron chi connectivity index (χ3n) is 2.83. The van der Waals surface area contributed by atoms with Gasteiger partial charge in [-0.15, -0.1) is 0 Å². The fourth-order valence-electron chi connectivity index (χ4n) is 1.70. The number of rotatable bonds is 6. The van der Waals surface area contributed by atoms with Crippen molar-refractivity contribution in [1.82, 2.24) is 0 Å². The van der Waals surface area contributed by atoms with Crippen LogP contribution in [-0.4, -0.2) is 12.5 Å². The van der Waals surface area contributed by atoms with Crippen LogP contribution < -0.4 is 32.4 Å². The average Bonchev–Trinajstić information content (AvgIpc) is 2.43. The van der Waals surface area contributed by atoms with Crippen molar-refractivity contribution in [3.05, 3.63) is 48.5 Å². The molecule has 0 bridgehead atoms. The monoisotopic (exact) mass is 288 g/mol. The summed E-state index contributed by atoms with van der Waals surface area (Å²) in [5.41, 5.74) is 24.3. The fraction of sp³-hybridized carbons (Fsp3) is 0.200.